The van der Waals surface area contributed by atoms with Crippen molar-refractivity contribution in [3.8, 4) is 0 Å². The zero-order valence-corrected chi connectivity index (χ0v) is 14.9. The summed E-state index contributed by atoms with van der Waals surface area (Å²) < 4.78 is 5.39. The number of hydrogen-bond acceptors (Lipinski definition) is 4. The number of hydrogen-bond donors (Lipinski definition) is 0. The lowest BCUT2D eigenvalue weighted by molar-refractivity contribution is -0.146. The van der Waals surface area contributed by atoms with E-state index in [2.05, 4.69) is 20.8 Å². The highest BCUT2D eigenvalue weighted by atomic mass is 32.2. The summed E-state index contributed by atoms with van der Waals surface area (Å²) in [5.74, 6) is 1.53. The number of methoxy groups -OCH3 is 1. The van der Waals surface area contributed by atoms with Gasteiger partial charge in [0.05, 0.1) is 12.0 Å². The summed E-state index contributed by atoms with van der Waals surface area (Å²) in [7, 11) is 1.70. The van der Waals surface area contributed by atoms with Crippen LogP contribution in [0, 0.1) is 5.41 Å². The Morgan fingerprint density at radius 3 is 2.68 bits per heavy atom. The lowest BCUT2D eigenvalue weighted by Gasteiger charge is -2.35. The van der Waals surface area contributed by atoms with Crippen LogP contribution in [0.3, 0.4) is 0 Å². The Hall–Kier alpha value is -0.750. The molecule has 0 radical (unpaired) electrons. The van der Waals surface area contributed by atoms with Gasteiger partial charge in [-0.2, -0.15) is 0 Å². The third-order valence-electron chi connectivity index (χ3n) is 4.19. The summed E-state index contributed by atoms with van der Waals surface area (Å²) in [6, 6.07) is -0.296. The SMILES string of the molecule is CO[C@@H]1CCCN(C(=O)[C@H]2CSCN2C(=O)CC(C)(C)C)C1. The maximum absolute atomic E-state index is 12.8. The molecule has 6 heteroatoms. The molecule has 0 N–H and O–H groups in total. The zero-order chi connectivity index (χ0) is 16.3. The van der Waals surface area contributed by atoms with E-state index >= 15 is 0 Å². The quantitative estimate of drug-likeness (QED) is 0.795. The van der Waals surface area contributed by atoms with Gasteiger partial charge in [0.15, 0.2) is 0 Å². The summed E-state index contributed by atoms with van der Waals surface area (Å²) in [5.41, 5.74) is -0.0514. The van der Waals surface area contributed by atoms with E-state index in [-0.39, 0.29) is 29.4 Å². The van der Waals surface area contributed by atoms with Crippen LogP contribution in [0.2, 0.25) is 0 Å². The minimum atomic E-state index is -0.296. The highest BCUT2D eigenvalue weighted by Crippen LogP contribution is 2.28. The smallest absolute Gasteiger partial charge is 0.246 e. The van der Waals surface area contributed by atoms with E-state index < -0.39 is 0 Å². The first-order valence-electron chi connectivity index (χ1n) is 8.00. The third kappa shape index (κ3) is 4.38. The van der Waals surface area contributed by atoms with Gasteiger partial charge in [0.2, 0.25) is 11.8 Å². The maximum atomic E-state index is 12.8. The van der Waals surface area contributed by atoms with E-state index in [1.54, 1.807) is 23.8 Å². The molecule has 2 amide bonds. The Balaban J connectivity index is 2.00. The summed E-state index contributed by atoms with van der Waals surface area (Å²) in [5, 5.41) is 0. The Labute approximate surface area is 137 Å². The van der Waals surface area contributed by atoms with E-state index in [9.17, 15) is 9.59 Å². The Kier molecular flexibility index (Phi) is 5.77. The van der Waals surface area contributed by atoms with E-state index in [1.165, 1.54) is 0 Å². The normalized spacial score (nSPS) is 26.4. The molecular weight excluding hydrogens is 300 g/mol. The number of carbonyl (C=O) groups is 2. The van der Waals surface area contributed by atoms with E-state index in [0.717, 1.165) is 19.4 Å². The van der Waals surface area contributed by atoms with Crippen LogP contribution >= 0.6 is 11.8 Å². The first-order valence-corrected chi connectivity index (χ1v) is 9.16. The van der Waals surface area contributed by atoms with Crippen LogP contribution in [0.15, 0.2) is 0 Å². The van der Waals surface area contributed by atoms with Crippen LogP contribution < -0.4 is 0 Å². The molecule has 22 heavy (non-hydrogen) atoms. The first kappa shape index (κ1) is 17.6. The zero-order valence-electron chi connectivity index (χ0n) is 14.1. The maximum Gasteiger partial charge on any atom is 0.246 e. The molecule has 2 aliphatic rings. The van der Waals surface area contributed by atoms with Gasteiger partial charge in [0, 0.05) is 32.4 Å². The van der Waals surface area contributed by atoms with Gasteiger partial charge in [-0.05, 0) is 18.3 Å². The Bertz CT molecular complexity index is 422. The van der Waals surface area contributed by atoms with Crippen LogP contribution in [0.4, 0.5) is 0 Å². The predicted octanol–water partition coefficient (Wildman–Crippen LogP) is 1.96. The van der Waals surface area contributed by atoms with Crippen LogP contribution in [0.5, 0.6) is 0 Å². The molecule has 2 rings (SSSR count). The number of ether oxygens (including phenoxy) is 1. The number of likely N-dealkylation sites (tertiary alicyclic amines) is 1. The van der Waals surface area contributed by atoms with Crippen molar-refractivity contribution in [3.63, 3.8) is 0 Å². The molecule has 2 saturated heterocycles. The van der Waals surface area contributed by atoms with Crippen molar-refractivity contribution in [2.45, 2.75) is 52.2 Å². The van der Waals surface area contributed by atoms with E-state index in [0.29, 0.717) is 24.6 Å². The van der Waals surface area contributed by atoms with Crippen molar-refractivity contribution in [1.29, 1.82) is 0 Å². The minimum Gasteiger partial charge on any atom is -0.380 e. The fourth-order valence-electron chi connectivity index (χ4n) is 2.99. The summed E-state index contributed by atoms with van der Waals surface area (Å²) in [4.78, 5) is 29.0. The van der Waals surface area contributed by atoms with E-state index in [4.69, 9.17) is 4.74 Å². The highest BCUT2D eigenvalue weighted by Gasteiger charge is 2.39. The monoisotopic (exact) mass is 328 g/mol. The standard InChI is InChI=1S/C16H28N2O3S/c1-16(2,3)8-14(19)18-11-22-10-13(18)15(20)17-7-5-6-12(9-17)21-4/h12-13H,5-11H2,1-4H3/t12-,13-/m1/s1. The second kappa shape index (κ2) is 7.21. The fraction of sp³-hybridized carbons (Fsp3) is 0.875. The first-order chi connectivity index (χ1) is 10.3. The summed E-state index contributed by atoms with van der Waals surface area (Å²) >= 11 is 1.67. The molecule has 0 aliphatic carbocycles. The minimum absolute atomic E-state index is 0.0514. The molecule has 5 nitrogen and oxygen atoms in total. The number of carbonyl (C=O) groups excluding carboxylic acids is 2. The van der Waals surface area contributed by atoms with E-state index in [1.807, 2.05) is 4.90 Å². The molecule has 0 saturated carbocycles. The lowest BCUT2D eigenvalue weighted by atomic mass is 9.91. The van der Waals surface area contributed by atoms with Crippen LogP contribution in [-0.2, 0) is 14.3 Å². The van der Waals surface area contributed by atoms with Crippen molar-refractivity contribution in [2.75, 3.05) is 31.8 Å². The number of rotatable bonds is 3. The number of nitrogens with zero attached hydrogens (tertiary/aromatic N) is 2. The van der Waals surface area contributed by atoms with Gasteiger partial charge >= 0.3 is 0 Å². The second-order valence-corrected chi connectivity index (χ2v) is 8.40. The average molecular weight is 328 g/mol. The van der Waals surface area contributed by atoms with Gasteiger partial charge in [-0.1, -0.05) is 20.8 Å². The molecule has 0 bridgehead atoms. The lowest BCUT2D eigenvalue weighted by Crippen LogP contribution is -2.52. The molecule has 126 valence electrons. The molecule has 2 fully saturated rings. The molecule has 2 atom stereocenters. The molecule has 0 aromatic heterocycles. The van der Waals surface area contributed by atoms with Crippen LogP contribution in [0.1, 0.15) is 40.0 Å². The molecule has 0 aromatic rings. The largest absolute Gasteiger partial charge is 0.380 e. The molecule has 0 spiro atoms. The van der Waals surface area contributed by atoms with Crippen molar-refractivity contribution < 1.29 is 14.3 Å². The highest BCUT2D eigenvalue weighted by molar-refractivity contribution is 7.99. The Morgan fingerprint density at radius 2 is 2.05 bits per heavy atom. The second-order valence-electron chi connectivity index (χ2n) is 7.40. The van der Waals surface area contributed by atoms with Gasteiger partial charge in [-0.15, -0.1) is 11.8 Å². The topological polar surface area (TPSA) is 49.9 Å². The fourth-order valence-corrected chi connectivity index (χ4v) is 4.16. The predicted molar refractivity (Wildman–Crippen MR) is 88.6 cm³/mol. The third-order valence-corrected chi connectivity index (χ3v) is 5.20. The molecular formula is C16H28N2O3S. The van der Waals surface area contributed by atoms with Gasteiger partial charge in [-0.25, -0.2) is 0 Å². The van der Waals surface area contributed by atoms with Crippen molar-refractivity contribution in [2.24, 2.45) is 5.41 Å². The van der Waals surface area contributed by atoms with Gasteiger partial charge in [0.1, 0.15) is 6.04 Å². The van der Waals surface area contributed by atoms with Crippen molar-refractivity contribution >= 4 is 23.6 Å². The average Bonchev–Trinajstić information content (AvgIpc) is 2.94. The van der Waals surface area contributed by atoms with Crippen molar-refractivity contribution in [1.82, 2.24) is 9.80 Å². The number of amides is 2. The Morgan fingerprint density at radius 1 is 1.32 bits per heavy atom. The number of piperidine rings is 1. The van der Waals surface area contributed by atoms with Gasteiger partial charge in [0.25, 0.3) is 0 Å². The molecule has 2 aliphatic heterocycles. The molecule has 0 aromatic carbocycles. The number of thioether (sulfide) groups is 1. The van der Waals surface area contributed by atoms with Gasteiger partial charge in [-0.3, -0.25) is 9.59 Å². The molecule has 0 unspecified atom stereocenters. The molecule has 2 heterocycles. The van der Waals surface area contributed by atoms with Gasteiger partial charge < -0.3 is 14.5 Å². The summed E-state index contributed by atoms with van der Waals surface area (Å²) in [6.45, 7) is 7.59. The summed E-state index contributed by atoms with van der Waals surface area (Å²) in [6.07, 6.45) is 2.59. The van der Waals surface area contributed by atoms with Crippen molar-refractivity contribution in [3.05, 3.63) is 0 Å². The van der Waals surface area contributed by atoms with Crippen LogP contribution in [0.25, 0.3) is 0 Å². The van der Waals surface area contributed by atoms with Crippen LogP contribution in [-0.4, -0.2) is 65.6 Å².